The van der Waals surface area contributed by atoms with E-state index < -0.39 is 0 Å². The summed E-state index contributed by atoms with van der Waals surface area (Å²) in [6.07, 6.45) is 0. The minimum Gasteiger partial charge on any atom is -0.333 e. The molecule has 1 unspecified atom stereocenters. The van der Waals surface area contributed by atoms with Gasteiger partial charge in [0.25, 0.3) is 0 Å². The van der Waals surface area contributed by atoms with Gasteiger partial charge in [-0.05, 0) is 38.1 Å². The van der Waals surface area contributed by atoms with Gasteiger partial charge in [-0.15, -0.1) is 0 Å². The molecule has 0 bridgehead atoms. The van der Waals surface area contributed by atoms with E-state index in [4.69, 9.17) is 0 Å². The van der Waals surface area contributed by atoms with Gasteiger partial charge in [-0.2, -0.15) is 0 Å². The van der Waals surface area contributed by atoms with Crippen LogP contribution < -0.4 is 5.32 Å². The fourth-order valence-electron chi connectivity index (χ4n) is 2.85. The highest BCUT2D eigenvalue weighted by Crippen LogP contribution is 2.26. The van der Waals surface area contributed by atoms with E-state index in [-0.39, 0.29) is 11.2 Å². The lowest BCUT2D eigenvalue weighted by atomic mass is 10.1. The number of aromatic nitrogens is 3. The summed E-state index contributed by atoms with van der Waals surface area (Å²) < 4.78 is 0. The molecule has 0 saturated carbocycles. The number of aryl methyl sites for hydroxylation is 1. The van der Waals surface area contributed by atoms with Gasteiger partial charge >= 0.3 is 0 Å². The number of nitrogens with one attached hydrogen (secondary N) is 2. The molecule has 2 aromatic carbocycles. The van der Waals surface area contributed by atoms with Crippen molar-refractivity contribution in [3.63, 3.8) is 0 Å². The van der Waals surface area contributed by atoms with Crippen LogP contribution in [0.1, 0.15) is 12.6 Å². The van der Waals surface area contributed by atoms with Crippen LogP contribution in [0.4, 0.5) is 5.69 Å². The maximum absolute atomic E-state index is 12.7. The van der Waals surface area contributed by atoms with Crippen LogP contribution in [0.2, 0.25) is 0 Å². The second-order valence-electron chi connectivity index (χ2n) is 6.14. The zero-order valence-corrected chi connectivity index (χ0v) is 15.3. The maximum Gasteiger partial charge on any atom is 0.237 e. The number of anilines is 1. The Labute approximate surface area is 155 Å². The zero-order chi connectivity index (χ0) is 18.1. The van der Waals surface area contributed by atoms with Gasteiger partial charge in [0.05, 0.1) is 27.5 Å². The number of rotatable bonds is 4. The molecule has 0 radical (unpaired) electrons. The molecule has 130 valence electrons. The summed E-state index contributed by atoms with van der Waals surface area (Å²) in [5, 5.41) is 4.43. The van der Waals surface area contributed by atoms with Crippen molar-refractivity contribution in [2.75, 3.05) is 5.32 Å². The Morgan fingerprint density at radius 3 is 2.62 bits per heavy atom. The van der Waals surface area contributed by atoms with Crippen LogP contribution in [-0.4, -0.2) is 26.1 Å². The molecule has 0 aliphatic rings. The van der Waals surface area contributed by atoms with Crippen LogP contribution in [0, 0.1) is 6.92 Å². The number of thioether (sulfide) groups is 1. The molecule has 26 heavy (non-hydrogen) atoms. The summed E-state index contributed by atoms with van der Waals surface area (Å²) in [6.45, 7) is 3.80. The first-order valence-corrected chi connectivity index (χ1v) is 9.27. The molecule has 0 aliphatic carbocycles. The minimum atomic E-state index is -0.289. The number of carbonyl (C=O) groups excluding carboxylic acids is 1. The molecule has 0 aliphatic heterocycles. The smallest absolute Gasteiger partial charge is 0.237 e. The van der Waals surface area contributed by atoms with Crippen LogP contribution in [0.3, 0.4) is 0 Å². The lowest BCUT2D eigenvalue weighted by Crippen LogP contribution is -2.22. The van der Waals surface area contributed by atoms with E-state index in [1.54, 1.807) is 0 Å². The Morgan fingerprint density at radius 2 is 1.81 bits per heavy atom. The van der Waals surface area contributed by atoms with Gasteiger partial charge in [-0.3, -0.25) is 9.78 Å². The molecule has 2 heterocycles. The van der Waals surface area contributed by atoms with Crippen molar-refractivity contribution in [1.82, 2.24) is 15.0 Å². The first kappa shape index (κ1) is 16.6. The van der Waals surface area contributed by atoms with Crippen molar-refractivity contribution < 1.29 is 4.79 Å². The number of nitrogens with zero attached hydrogens (tertiary/aromatic N) is 2. The minimum absolute atomic E-state index is 0.0637. The van der Waals surface area contributed by atoms with Gasteiger partial charge in [0.2, 0.25) is 5.91 Å². The Balaban J connectivity index is 1.54. The fraction of sp³-hybridized carbons (Fsp3) is 0.150. The largest absolute Gasteiger partial charge is 0.333 e. The number of amides is 1. The first-order valence-electron chi connectivity index (χ1n) is 8.39. The number of aromatic amines is 1. The van der Waals surface area contributed by atoms with E-state index >= 15 is 0 Å². The van der Waals surface area contributed by atoms with E-state index in [1.807, 2.05) is 68.4 Å². The van der Waals surface area contributed by atoms with E-state index in [9.17, 15) is 4.79 Å². The summed E-state index contributed by atoms with van der Waals surface area (Å²) in [5.74, 6) is -0.0637. The van der Waals surface area contributed by atoms with Gasteiger partial charge in [0.1, 0.15) is 0 Å². The highest BCUT2D eigenvalue weighted by Gasteiger charge is 2.18. The predicted molar refractivity (Wildman–Crippen MR) is 107 cm³/mol. The number of para-hydroxylation sites is 3. The third-order valence-corrected chi connectivity index (χ3v) is 5.11. The molecule has 1 atom stereocenters. The predicted octanol–water partition coefficient (Wildman–Crippen LogP) is 4.54. The number of fused-ring (bicyclic) bond motifs is 2. The highest BCUT2D eigenvalue weighted by atomic mass is 32.2. The standard InChI is InChI=1S/C20H18N4OS/c1-12-11-18(14-7-3-4-8-15(14)21-12)22-19(25)13(2)26-20-23-16-9-5-6-10-17(16)24-20/h3-11,13H,1-2H3,(H,23,24)(H,21,22,25). The number of pyridine rings is 1. The second-order valence-corrected chi connectivity index (χ2v) is 7.47. The monoisotopic (exact) mass is 362 g/mol. The molecule has 0 saturated heterocycles. The Morgan fingerprint density at radius 1 is 1.08 bits per heavy atom. The number of H-pyrrole nitrogens is 1. The Bertz CT molecular complexity index is 1070. The highest BCUT2D eigenvalue weighted by molar-refractivity contribution is 8.00. The molecule has 2 N–H and O–H groups in total. The van der Waals surface area contributed by atoms with Crippen LogP contribution in [-0.2, 0) is 4.79 Å². The molecule has 4 aromatic rings. The van der Waals surface area contributed by atoms with Crippen LogP contribution in [0.5, 0.6) is 0 Å². The van der Waals surface area contributed by atoms with Crippen molar-refractivity contribution in [2.24, 2.45) is 0 Å². The average Bonchev–Trinajstić information content (AvgIpc) is 3.03. The van der Waals surface area contributed by atoms with E-state index in [2.05, 4.69) is 20.3 Å². The molecule has 0 fully saturated rings. The van der Waals surface area contributed by atoms with Gasteiger partial charge in [0, 0.05) is 11.1 Å². The second kappa shape index (κ2) is 6.80. The number of imidazole rings is 1. The van der Waals surface area contributed by atoms with Gasteiger partial charge < -0.3 is 10.3 Å². The molecule has 6 heteroatoms. The third kappa shape index (κ3) is 3.28. The van der Waals surface area contributed by atoms with Crippen molar-refractivity contribution in [2.45, 2.75) is 24.3 Å². The summed E-state index contributed by atoms with van der Waals surface area (Å²) in [5.41, 5.74) is 4.41. The first-order chi connectivity index (χ1) is 12.6. The number of hydrogen-bond acceptors (Lipinski definition) is 4. The van der Waals surface area contributed by atoms with Crippen LogP contribution in [0.15, 0.2) is 59.8 Å². The lowest BCUT2D eigenvalue weighted by Gasteiger charge is -2.13. The molecular formula is C20H18N4OS. The SMILES string of the molecule is Cc1cc(NC(=O)C(C)Sc2nc3ccccc3[nH]2)c2ccccc2n1. The molecular weight excluding hydrogens is 344 g/mol. The summed E-state index contributed by atoms with van der Waals surface area (Å²) >= 11 is 1.41. The van der Waals surface area contributed by atoms with E-state index in [0.717, 1.165) is 38.5 Å². The summed E-state index contributed by atoms with van der Waals surface area (Å²) in [4.78, 5) is 25.0. The molecule has 5 nitrogen and oxygen atoms in total. The van der Waals surface area contributed by atoms with Crippen molar-refractivity contribution in [1.29, 1.82) is 0 Å². The fourth-order valence-corrected chi connectivity index (χ4v) is 3.67. The topological polar surface area (TPSA) is 70.7 Å². The number of hydrogen-bond donors (Lipinski definition) is 2. The Hall–Kier alpha value is -2.86. The molecule has 0 spiro atoms. The number of carbonyl (C=O) groups is 1. The summed E-state index contributed by atoms with van der Waals surface area (Å²) in [6, 6.07) is 17.5. The molecule has 2 aromatic heterocycles. The normalized spacial score (nSPS) is 12.4. The van der Waals surface area contributed by atoms with E-state index in [1.165, 1.54) is 11.8 Å². The quantitative estimate of drug-likeness (QED) is 0.523. The molecule has 4 rings (SSSR count). The molecule has 1 amide bonds. The van der Waals surface area contributed by atoms with Crippen molar-refractivity contribution in [3.8, 4) is 0 Å². The average molecular weight is 362 g/mol. The van der Waals surface area contributed by atoms with Gasteiger partial charge in [0.15, 0.2) is 5.16 Å². The summed E-state index contributed by atoms with van der Waals surface area (Å²) in [7, 11) is 0. The maximum atomic E-state index is 12.7. The zero-order valence-electron chi connectivity index (χ0n) is 14.5. The van der Waals surface area contributed by atoms with E-state index in [0.29, 0.717) is 0 Å². The van der Waals surface area contributed by atoms with Crippen LogP contribution in [0.25, 0.3) is 21.9 Å². The number of benzene rings is 2. The van der Waals surface area contributed by atoms with Crippen molar-refractivity contribution >= 4 is 45.3 Å². The van der Waals surface area contributed by atoms with Crippen molar-refractivity contribution in [3.05, 3.63) is 60.3 Å². The van der Waals surface area contributed by atoms with Crippen LogP contribution >= 0.6 is 11.8 Å². The third-order valence-electron chi connectivity index (χ3n) is 4.13. The lowest BCUT2D eigenvalue weighted by molar-refractivity contribution is -0.115. The van der Waals surface area contributed by atoms with Gasteiger partial charge in [-0.1, -0.05) is 42.1 Å². The Kier molecular flexibility index (Phi) is 4.34. The van der Waals surface area contributed by atoms with Gasteiger partial charge in [-0.25, -0.2) is 4.98 Å².